The minimum absolute atomic E-state index is 0.331. The van der Waals surface area contributed by atoms with Crippen molar-refractivity contribution in [3.05, 3.63) is 23.8 Å². The molecule has 1 aromatic rings. The molecule has 0 radical (unpaired) electrons. The standard InChI is InChI=1S/C22H35BN2O4/c1-21(2)22(3,4)29-23(28-21)18-6-7-20(25-10-12-27-13-11-25)17(14-18)15-24-9-8-19(16-24)26-5/h6-7,14,19H,8-13,15-16H2,1-5H3/t19-/m1/s1. The van der Waals surface area contributed by atoms with Gasteiger partial charge in [-0.1, -0.05) is 12.1 Å². The van der Waals surface area contributed by atoms with Gasteiger partial charge in [0, 0.05) is 45.5 Å². The van der Waals surface area contributed by atoms with Crippen molar-refractivity contribution in [2.24, 2.45) is 0 Å². The Morgan fingerprint density at radius 3 is 2.38 bits per heavy atom. The number of nitrogens with zero attached hydrogens (tertiary/aromatic N) is 2. The Morgan fingerprint density at radius 2 is 1.76 bits per heavy atom. The molecule has 3 saturated heterocycles. The van der Waals surface area contributed by atoms with Gasteiger partial charge in [-0.3, -0.25) is 4.90 Å². The normalized spacial score (nSPS) is 27.0. The van der Waals surface area contributed by atoms with Gasteiger partial charge in [-0.25, -0.2) is 0 Å². The van der Waals surface area contributed by atoms with Gasteiger partial charge in [-0.2, -0.15) is 0 Å². The molecule has 4 rings (SSSR count). The third-order valence-corrected chi connectivity index (χ3v) is 6.94. The lowest BCUT2D eigenvalue weighted by Crippen LogP contribution is -2.41. The molecule has 0 unspecified atom stereocenters. The lowest BCUT2D eigenvalue weighted by atomic mass is 9.78. The minimum Gasteiger partial charge on any atom is -0.399 e. The highest BCUT2D eigenvalue weighted by Gasteiger charge is 2.51. The zero-order valence-corrected chi connectivity index (χ0v) is 18.6. The van der Waals surface area contributed by atoms with Crippen molar-refractivity contribution in [3.8, 4) is 0 Å². The number of hydrogen-bond acceptors (Lipinski definition) is 6. The molecule has 160 valence electrons. The van der Waals surface area contributed by atoms with Crippen molar-refractivity contribution in [2.75, 3.05) is 51.4 Å². The van der Waals surface area contributed by atoms with E-state index in [1.54, 1.807) is 0 Å². The third-order valence-electron chi connectivity index (χ3n) is 6.94. The van der Waals surface area contributed by atoms with Crippen LogP contribution >= 0.6 is 0 Å². The highest BCUT2D eigenvalue weighted by atomic mass is 16.7. The van der Waals surface area contributed by atoms with Gasteiger partial charge in [0.2, 0.25) is 0 Å². The molecule has 0 spiro atoms. The van der Waals surface area contributed by atoms with Crippen molar-refractivity contribution < 1.29 is 18.8 Å². The van der Waals surface area contributed by atoms with E-state index in [1.165, 1.54) is 11.3 Å². The maximum atomic E-state index is 6.31. The maximum Gasteiger partial charge on any atom is 0.494 e. The summed E-state index contributed by atoms with van der Waals surface area (Å²) in [7, 11) is 1.48. The van der Waals surface area contributed by atoms with Crippen molar-refractivity contribution >= 4 is 18.3 Å². The number of methoxy groups -OCH3 is 1. The van der Waals surface area contributed by atoms with Crippen LogP contribution in [-0.2, 0) is 25.3 Å². The Kier molecular flexibility index (Phi) is 5.97. The van der Waals surface area contributed by atoms with Crippen molar-refractivity contribution in [1.82, 2.24) is 4.90 Å². The topological polar surface area (TPSA) is 43.4 Å². The average Bonchev–Trinajstić information content (AvgIpc) is 3.23. The summed E-state index contributed by atoms with van der Waals surface area (Å²) in [5, 5.41) is 0. The molecule has 1 aromatic carbocycles. The molecule has 7 heteroatoms. The average molecular weight is 402 g/mol. The van der Waals surface area contributed by atoms with Gasteiger partial charge in [0.25, 0.3) is 0 Å². The molecule has 0 aromatic heterocycles. The number of rotatable bonds is 5. The van der Waals surface area contributed by atoms with E-state index in [0.717, 1.165) is 57.8 Å². The van der Waals surface area contributed by atoms with Gasteiger partial charge in [-0.15, -0.1) is 0 Å². The van der Waals surface area contributed by atoms with Crippen LogP contribution in [0.25, 0.3) is 0 Å². The second-order valence-corrected chi connectivity index (χ2v) is 9.46. The smallest absolute Gasteiger partial charge is 0.399 e. The van der Waals surface area contributed by atoms with Gasteiger partial charge in [0.05, 0.1) is 30.5 Å². The summed E-state index contributed by atoms with van der Waals surface area (Å²) in [6.45, 7) is 14.8. The first-order chi connectivity index (χ1) is 13.8. The lowest BCUT2D eigenvalue weighted by Gasteiger charge is -2.32. The quantitative estimate of drug-likeness (QED) is 0.703. The SMILES string of the molecule is CO[C@@H]1CCN(Cc2cc(B3OC(C)(C)C(C)(C)O3)ccc2N2CCOCC2)C1. The third kappa shape index (κ3) is 4.35. The molecular formula is C22H35BN2O4. The van der Waals surface area contributed by atoms with E-state index < -0.39 is 0 Å². The van der Waals surface area contributed by atoms with E-state index in [9.17, 15) is 0 Å². The molecule has 6 nitrogen and oxygen atoms in total. The molecule has 0 saturated carbocycles. The highest BCUT2D eigenvalue weighted by Crippen LogP contribution is 2.37. The zero-order chi connectivity index (χ0) is 20.6. The number of benzene rings is 1. The van der Waals surface area contributed by atoms with Crippen LogP contribution < -0.4 is 10.4 Å². The van der Waals surface area contributed by atoms with E-state index in [4.69, 9.17) is 18.8 Å². The van der Waals surface area contributed by atoms with Crippen LogP contribution in [0.2, 0.25) is 0 Å². The number of hydrogen-bond donors (Lipinski definition) is 0. The summed E-state index contributed by atoms with van der Waals surface area (Å²) in [6, 6.07) is 6.69. The maximum absolute atomic E-state index is 6.31. The fourth-order valence-electron chi connectivity index (χ4n) is 4.34. The van der Waals surface area contributed by atoms with Crippen LogP contribution in [0.1, 0.15) is 39.7 Å². The summed E-state index contributed by atoms with van der Waals surface area (Å²) >= 11 is 0. The zero-order valence-electron chi connectivity index (χ0n) is 18.6. The van der Waals surface area contributed by atoms with Crippen LogP contribution in [0.4, 0.5) is 5.69 Å². The molecule has 0 amide bonds. The molecule has 0 bridgehead atoms. The van der Waals surface area contributed by atoms with Crippen molar-refractivity contribution in [2.45, 2.75) is 58.0 Å². The predicted molar refractivity (Wildman–Crippen MR) is 116 cm³/mol. The fraction of sp³-hybridized carbons (Fsp3) is 0.727. The molecule has 3 aliphatic heterocycles. The molecule has 29 heavy (non-hydrogen) atoms. The highest BCUT2D eigenvalue weighted by molar-refractivity contribution is 6.62. The molecule has 3 heterocycles. The summed E-state index contributed by atoms with van der Waals surface area (Å²) in [4.78, 5) is 4.93. The predicted octanol–water partition coefficient (Wildman–Crippen LogP) is 2.04. The number of morpholine rings is 1. The molecular weight excluding hydrogens is 367 g/mol. The number of ether oxygens (including phenoxy) is 2. The first-order valence-electron chi connectivity index (χ1n) is 10.9. The van der Waals surface area contributed by atoms with E-state index in [2.05, 4.69) is 55.7 Å². The van der Waals surface area contributed by atoms with E-state index in [-0.39, 0.29) is 18.3 Å². The Bertz CT molecular complexity index is 705. The van der Waals surface area contributed by atoms with Crippen molar-refractivity contribution in [3.63, 3.8) is 0 Å². The van der Waals surface area contributed by atoms with Crippen LogP contribution in [0.15, 0.2) is 18.2 Å². The minimum atomic E-state index is -0.332. The Labute approximate surface area is 175 Å². The largest absolute Gasteiger partial charge is 0.494 e. The fourth-order valence-corrected chi connectivity index (χ4v) is 4.34. The van der Waals surface area contributed by atoms with Crippen LogP contribution in [0, 0.1) is 0 Å². The van der Waals surface area contributed by atoms with Gasteiger partial charge in [-0.05, 0) is 51.2 Å². The number of likely N-dealkylation sites (tertiary alicyclic amines) is 1. The lowest BCUT2D eigenvalue weighted by molar-refractivity contribution is 0.00578. The number of anilines is 1. The van der Waals surface area contributed by atoms with E-state index in [1.807, 2.05) is 7.11 Å². The van der Waals surface area contributed by atoms with Crippen molar-refractivity contribution in [1.29, 1.82) is 0 Å². The van der Waals surface area contributed by atoms with Gasteiger partial charge in [0.1, 0.15) is 0 Å². The van der Waals surface area contributed by atoms with Crippen LogP contribution in [-0.4, -0.2) is 75.8 Å². The first kappa shape index (κ1) is 21.1. The summed E-state index contributed by atoms with van der Waals surface area (Å²) in [6.07, 6.45) is 1.44. The van der Waals surface area contributed by atoms with Crippen LogP contribution in [0.5, 0.6) is 0 Å². The van der Waals surface area contributed by atoms with E-state index in [0.29, 0.717) is 6.10 Å². The molecule has 1 atom stereocenters. The summed E-state index contributed by atoms with van der Waals surface area (Å²) in [5.41, 5.74) is 3.06. The Hall–Kier alpha value is -1.12. The van der Waals surface area contributed by atoms with Gasteiger partial charge < -0.3 is 23.7 Å². The second-order valence-electron chi connectivity index (χ2n) is 9.46. The van der Waals surface area contributed by atoms with Crippen LogP contribution in [0.3, 0.4) is 0 Å². The first-order valence-corrected chi connectivity index (χ1v) is 10.9. The monoisotopic (exact) mass is 402 g/mol. The Balaban J connectivity index is 1.59. The molecule has 0 aliphatic carbocycles. The molecule has 3 aliphatic rings. The molecule has 3 fully saturated rings. The van der Waals surface area contributed by atoms with Gasteiger partial charge in [0.15, 0.2) is 0 Å². The summed E-state index contributed by atoms with van der Waals surface area (Å²) < 4.78 is 23.7. The van der Waals surface area contributed by atoms with Gasteiger partial charge >= 0.3 is 7.12 Å². The second kappa shape index (κ2) is 8.19. The summed E-state index contributed by atoms with van der Waals surface area (Å²) in [5.74, 6) is 0. The Morgan fingerprint density at radius 1 is 1.07 bits per heavy atom. The van der Waals surface area contributed by atoms with E-state index >= 15 is 0 Å². The molecule has 0 N–H and O–H groups in total.